The smallest absolute Gasteiger partial charge is 0.229 e. The van der Waals surface area contributed by atoms with Gasteiger partial charge in [0.05, 0.1) is 24.0 Å². The predicted octanol–water partition coefficient (Wildman–Crippen LogP) is 4.27. The van der Waals surface area contributed by atoms with Gasteiger partial charge in [-0.3, -0.25) is 14.5 Å². The van der Waals surface area contributed by atoms with E-state index in [1.165, 1.54) is 61.7 Å². The lowest BCUT2D eigenvalue weighted by Gasteiger charge is -2.20. The zero-order valence-corrected chi connectivity index (χ0v) is 16.0. The number of hydrogen-bond donors (Lipinski definition) is 1. The van der Waals surface area contributed by atoms with Gasteiger partial charge in [0.25, 0.3) is 0 Å². The standard InChI is InChI=1S/C20H15ClF2N4O2/c1-12(28)27(15-5-2-4-13(22)8-15)19-9-14(11-24-26-19)25-20(29)10-16-17(21)6-3-7-18(16)23/h2-9,11H,10H2,1H3,(H,25,26,29). The first-order chi connectivity index (χ1) is 13.8. The van der Waals surface area contributed by atoms with Crippen LogP contribution in [0.1, 0.15) is 12.5 Å². The zero-order chi connectivity index (χ0) is 21.0. The molecule has 148 valence electrons. The molecule has 3 aromatic rings. The summed E-state index contributed by atoms with van der Waals surface area (Å²) in [5.74, 6) is -1.98. The van der Waals surface area contributed by atoms with Gasteiger partial charge >= 0.3 is 0 Å². The predicted molar refractivity (Wildman–Crippen MR) is 105 cm³/mol. The Morgan fingerprint density at radius 3 is 2.59 bits per heavy atom. The highest BCUT2D eigenvalue weighted by molar-refractivity contribution is 6.31. The third-order valence-electron chi connectivity index (χ3n) is 3.93. The highest BCUT2D eigenvalue weighted by Gasteiger charge is 2.18. The summed E-state index contributed by atoms with van der Waals surface area (Å²) in [7, 11) is 0. The van der Waals surface area contributed by atoms with Gasteiger partial charge in [0.1, 0.15) is 11.6 Å². The van der Waals surface area contributed by atoms with Crippen LogP contribution in [0.15, 0.2) is 54.7 Å². The Labute approximate surface area is 170 Å². The molecule has 0 saturated carbocycles. The summed E-state index contributed by atoms with van der Waals surface area (Å²) < 4.78 is 27.4. The van der Waals surface area contributed by atoms with Gasteiger partial charge in [0, 0.05) is 23.6 Å². The van der Waals surface area contributed by atoms with E-state index in [-0.39, 0.29) is 34.2 Å². The first-order valence-electron chi connectivity index (χ1n) is 8.47. The van der Waals surface area contributed by atoms with Gasteiger partial charge in [0.2, 0.25) is 11.8 Å². The van der Waals surface area contributed by atoms with Crippen LogP contribution >= 0.6 is 11.6 Å². The molecule has 0 saturated heterocycles. The molecule has 0 unspecified atom stereocenters. The SMILES string of the molecule is CC(=O)N(c1cccc(F)c1)c1cc(NC(=O)Cc2c(F)cccc2Cl)cnn1. The van der Waals surface area contributed by atoms with E-state index in [4.69, 9.17) is 11.6 Å². The van der Waals surface area contributed by atoms with Crippen molar-refractivity contribution in [1.82, 2.24) is 10.2 Å². The summed E-state index contributed by atoms with van der Waals surface area (Å²) in [6.45, 7) is 1.29. The molecule has 0 fully saturated rings. The minimum Gasteiger partial charge on any atom is -0.324 e. The highest BCUT2D eigenvalue weighted by Crippen LogP contribution is 2.26. The minimum atomic E-state index is -0.588. The van der Waals surface area contributed by atoms with Crippen LogP contribution in [-0.4, -0.2) is 22.0 Å². The molecule has 1 N–H and O–H groups in total. The summed E-state index contributed by atoms with van der Waals surface area (Å²) in [6.07, 6.45) is 0.984. The second kappa shape index (κ2) is 8.74. The van der Waals surface area contributed by atoms with E-state index >= 15 is 0 Å². The van der Waals surface area contributed by atoms with E-state index in [2.05, 4.69) is 15.5 Å². The Bertz CT molecular complexity index is 1060. The molecule has 0 radical (unpaired) electrons. The van der Waals surface area contributed by atoms with Gasteiger partial charge in [-0.1, -0.05) is 23.7 Å². The molecule has 0 spiro atoms. The van der Waals surface area contributed by atoms with Crippen molar-refractivity contribution < 1.29 is 18.4 Å². The molecule has 6 nitrogen and oxygen atoms in total. The van der Waals surface area contributed by atoms with E-state index < -0.39 is 23.4 Å². The number of anilines is 3. The van der Waals surface area contributed by atoms with Crippen LogP contribution in [-0.2, 0) is 16.0 Å². The van der Waals surface area contributed by atoms with Crippen molar-refractivity contribution in [3.63, 3.8) is 0 Å². The second-order valence-corrected chi connectivity index (χ2v) is 6.47. The van der Waals surface area contributed by atoms with Crippen molar-refractivity contribution in [3.05, 3.63) is 76.9 Å². The van der Waals surface area contributed by atoms with E-state index in [0.29, 0.717) is 0 Å². The first kappa shape index (κ1) is 20.3. The number of halogens is 3. The Morgan fingerprint density at radius 1 is 1.14 bits per heavy atom. The van der Waals surface area contributed by atoms with Crippen molar-refractivity contribution in [3.8, 4) is 0 Å². The Morgan fingerprint density at radius 2 is 1.90 bits per heavy atom. The van der Waals surface area contributed by atoms with Gasteiger partial charge < -0.3 is 5.32 Å². The maximum atomic E-state index is 13.9. The van der Waals surface area contributed by atoms with Crippen LogP contribution in [0.5, 0.6) is 0 Å². The third kappa shape index (κ3) is 4.91. The van der Waals surface area contributed by atoms with Crippen LogP contribution in [0.3, 0.4) is 0 Å². The number of amides is 2. The number of carbonyl (C=O) groups excluding carboxylic acids is 2. The molecule has 3 rings (SSSR count). The Hall–Kier alpha value is -3.39. The van der Waals surface area contributed by atoms with E-state index in [9.17, 15) is 18.4 Å². The number of aromatic nitrogens is 2. The zero-order valence-electron chi connectivity index (χ0n) is 15.2. The number of nitrogens with one attached hydrogen (secondary N) is 1. The quantitative estimate of drug-likeness (QED) is 0.673. The lowest BCUT2D eigenvalue weighted by molar-refractivity contribution is -0.116. The molecule has 1 aromatic heterocycles. The number of nitrogens with zero attached hydrogens (tertiary/aromatic N) is 3. The fraction of sp³-hybridized carbons (Fsp3) is 0.100. The number of carbonyl (C=O) groups is 2. The van der Waals surface area contributed by atoms with Crippen molar-refractivity contribution >= 4 is 40.6 Å². The molecule has 0 aliphatic heterocycles. The average molecular weight is 417 g/mol. The molecule has 0 bridgehead atoms. The summed E-state index contributed by atoms with van der Waals surface area (Å²) in [4.78, 5) is 25.6. The summed E-state index contributed by atoms with van der Waals surface area (Å²) >= 11 is 5.94. The minimum absolute atomic E-state index is 0.0685. The van der Waals surface area contributed by atoms with Gasteiger partial charge in [-0.25, -0.2) is 8.78 Å². The largest absolute Gasteiger partial charge is 0.324 e. The molecular weight excluding hydrogens is 402 g/mol. The van der Waals surface area contributed by atoms with Crippen LogP contribution in [0.2, 0.25) is 5.02 Å². The first-order valence-corrected chi connectivity index (χ1v) is 8.84. The van der Waals surface area contributed by atoms with Gasteiger partial charge in [-0.2, -0.15) is 5.10 Å². The van der Waals surface area contributed by atoms with Crippen LogP contribution in [0.25, 0.3) is 0 Å². The van der Waals surface area contributed by atoms with Gasteiger partial charge in [-0.05, 0) is 30.3 Å². The van der Waals surface area contributed by atoms with Gasteiger partial charge in [0.15, 0.2) is 5.82 Å². The molecule has 29 heavy (non-hydrogen) atoms. The van der Waals surface area contributed by atoms with E-state index in [0.717, 1.165) is 4.90 Å². The molecule has 0 atom stereocenters. The highest BCUT2D eigenvalue weighted by atomic mass is 35.5. The molecular formula is C20H15ClF2N4O2. The van der Waals surface area contributed by atoms with Gasteiger partial charge in [-0.15, -0.1) is 5.10 Å². The molecule has 0 aliphatic carbocycles. The normalized spacial score (nSPS) is 10.5. The van der Waals surface area contributed by atoms with Crippen molar-refractivity contribution in [1.29, 1.82) is 0 Å². The van der Waals surface area contributed by atoms with E-state index in [1.54, 1.807) is 0 Å². The topological polar surface area (TPSA) is 75.2 Å². The molecule has 0 aliphatic rings. The van der Waals surface area contributed by atoms with Crippen molar-refractivity contribution in [2.75, 3.05) is 10.2 Å². The number of benzene rings is 2. The van der Waals surface area contributed by atoms with Crippen molar-refractivity contribution in [2.45, 2.75) is 13.3 Å². The molecule has 2 aromatic carbocycles. The summed E-state index contributed by atoms with van der Waals surface area (Å²) in [5.41, 5.74) is 0.558. The van der Waals surface area contributed by atoms with Crippen LogP contribution in [0, 0.1) is 11.6 Å². The second-order valence-electron chi connectivity index (χ2n) is 6.06. The fourth-order valence-electron chi connectivity index (χ4n) is 2.69. The monoisotopic (exact) mass is 416 g/mol. The van der Waals surface area contributed by atoms with Crippen LogP contribution in [0.4, 0.5) is 26.0 Å². The molecule has 1 heterocycles. The Balaban J connectivity index is 1.83. The van der Waals surface area contributed by atoms with Crippen molar-refractivity contribution in [2.24, 2.45) is 0 Å². The fourth-order valence-corrected chi connectivity index (χ4v) is 2.92. The van der Waals surface area contributed by atoms with Crippen LogP contribution < -0.4 is 10.2 Å². The lowest BCUT2D eigenvalue weighted by atomic mass is 10.1. The maximum absolute atomic E-state index is 13.9. The maximum Gasteiger partial charge on any atom is 0.229 e. The van der Waals surface area contributed by atoms with E-state index in [1.807, 2.05) is 0 Å². The number of rotatable bonds is 5. The number of hydrogen-bond acceptors (Lipinski definition) is 4. The summed E-state index contributed by atoms with van der Waals surface area (Å²) in [5, 5.41) is 10.4. The summed E-state index contributed by atoms with van der Waals surface area (Å²) in [6, 6.07) is 11.0. The molecule has 2 amide bonds. The average Bonchev–Trinajstić information content (AvgIpc) is 2.65. The Kier molecular flexibility index (Phi) is 6.13. The third-order valence-corrected chi connectivity index (χ3v) is 4.29. The molecule has 9 heteroatoms. The lowest BCUT2D eigenvalue weighted by Crippen LogP contribution is -2.24.